The van der Waals surface area contributed by atoms with E-state index in [-0.39, 0.29) is 5.60 Å². The van der Waals surface area contributed by atoms with Crippen molar-refractivity contribution in [3.8, 4) is 0 Å². The maximum absolute atomic E-state index is 5.72. The molecule has 1 saturated carbocycles. The molecule has 1 aliphatic carbocycles. The van der Waals surface area contributed by atoms with Gasteiger partial charge in [0.15, 0.2) is 0 Å². The third-order valence-corrected chi connectivity index (χ3v) is 4.23. The summed E-state index contributed by atoms with van der Waals surface area (Å²) in [5, 5.41) is 0. The van der Waals surface area contributed by atoms with E-state index >= 15 is 0 Å². The second kappa shape index (κ2) is 5.83. The lowest BCUT2D eigenvalue weighted by atomic mass is 9.75. The number of methoxy groups -OCH3 is 1. The number of nitrogens with one attached hydrogen (secondary N) is 1. The molecule has 1 fully saturated rings. The number of hydrogen-bond acceptors (Lipinski definition) is 3. The Morgan fingerprint density at radius 3 is 2.27 bits per heavy atom. The molecule has 1 rings (SSSR count). The van der Waals surface area contributed by atoms with Crippen LogP contribution in [0.5, 0.6) is 0 Å². The van der Waals surface area contributed by atoms with E-state index in [2.05, 4.69) is 19.3 Å². The summed E-state index contributed by atoms with van der Waals surface area (Å²) < 4.78 is 5.72. The van der Waals surface area contributed by atoms with Crippen LogP contribution in [0, 0.1) is 5.92 Å². The molecule has 0 saturated heterocycles. The number of rotatable bonds is 7. The van der Waals surface area contributed by atoms with E-state index in [0.717, 1.165) is 25.2 Å². The first kappa shape index (κ1) is 12.9. The van der Waals surface area contributed by atoms with Crippen molar-refractivity contribution in [2.24, 2.45) is 11.8 Å². The van der Waals surface area contributed by atoms with Gasteiger partial charge in [0.1, 0.15) is 0 Å². The van der Waals surface area contributed by atoms with Gasteiger partial charge in [0.25, 0.3) is 0 Å². The van der Waals surface area contributed by atoms with Gasteiger partial charge in [-0.3, -0.25) is 11.3 Å². The quantitative estimate of drug-likeness (QED) is 0.504. The van der Waals surface area contributed by atoms with Crippen molar-refractivity contribution in [2.45, 2.75) is 64.0 Å². The van der Waals surface area contributed by atoms with Gasteiger partial charge in [-0.15, -0.1) is 0 Å². The van der Waals surface area contributed by atoms with Crippen LogP contribution in [0.4, 0.5) is 0 Å². The minimum atomic E-state index is -0.0790. The SMILES string of the molecule is CCC(CC)(OC)C(CC1CCC1)NN. The van der Waals surface area contributed by atoms with Gasteiger partial charge in [-0.2, -0.15) is 0 Å². The molecule has 0 aromatic heterocycles. The molecule has 1 aliphatic rings. The predicted octanol–water partition coefficient (Wildman–Crippen LogP) is 2.21. The normalized spacial score (nSPS) is 20.0. The van der Waals surface area contributed by atoms with Gasteiger partial charge in [-0.1, -0.05) is 33.1 Å². The van der Waals surface area contributed by atoms with Crippen molar-refractivity contribution in [3.63, 3.8) is 0 Å². The van der Waals surface area contributed by atoms with Gasteiger partial charge in [0.2, 0.25) is 0 Å². The highest BCUT2D eigenvalue weighted by molar-refractivity contribution is 4.92. The van der Waals surface area contributed by atoms with E-state index in [1.165, 1.54) is 19.3 Å². The molecule has 0 bridgehead atoms. The second-order valence-electron chi connectivity index (χ2n) is 4.73. The van der Waals surface area contributed by atoms with Gasteiger partial charge in [-0.25, -0.2) is 0 Å². The van der Waals surface area contributed by atoms with Crippen molar-refractivity contribution in [1.82, 2.24) is 5.43 Å². The summed E-state index contributed by atoms with van der Waals surface area (Å²) in [6, 6.07) is 0.294. The lowest BCUT2D eigenvalue weighted by molar-refractivity contribution is -0.0557. The fourth-order valence-corrected chi connectivity index (χ4v) is 2.67. The van der Waals surface area contributed by atoms with Crippen LogP contribution in [0.2, 0.25) is 0 Å². The molecule has 0 aliphatic heterocycles. The summed E-state index contributed by atoms with van der Waals surface area (Å²) in [6.45, 7) is 4.36. The molecule has 0 aromatic rings. The second-order valence-corrected chi connectivity index (χ2v) is 4.73. The first-order valence-corrected chi connectivity index (χ1v) is 6.23. The Morgan fingerprint density at radius 2 is 2.00 bits per heavy atom. The maximum Gasteiger partial charge on any atom is 0.0839 e. The van der Waals surface area contributed by atoms with Gasteiger partial charge in [0.05, 0.1) is 11.6 Å². The third kappa shape index (κ3) is 2.71. The molecule has 1 unspecified atom stereocenters. The molecule has 0 radical (unpaired) electrons. The summed E-state index contributed by atoms with van der Waals surface area (Å²) in [7, 11) is 1.80. The molecule has 3 N–H and O–H groups in total. The van der Waals surface area contributed by atoms with Gasteiger partial charge < -0.3 is 4.74 Å². The lowest BCUT2D eigenvalue weighted by Gasteiger charge is -2.41. The van der Waals surface area contributed by atoms with E-state index in [9.17, 15) is 0 Å². The molecule has 0 aromatic carbocycles. The van der Waals surface area contributed by atoms with Gasteiger partial charge >= 0.3 is 0 Å². The third-order valence-electron chi connectivity index (χ3n) is 4.23. The van der Waals surface area contributed by atoms with E-state index in [1.807, 2.05) is 0 Å². The van der Waals surface area contributed by atoms with Crippen LogP contribution in [-0.2, 0) is 4.74 Å². The van der Waals surface area contributed by atoms with Gasteiger partial charge in [-0.05, 0) is 25.2 Å². The number of nitrogens with two attached hydrogens (primary N) is 1. The zero-order valence-corrected chi connectivity index (χ0v) is 10.4. The van der Waals surface area contributed by atoms with Gasteiger partial charge in [0, 0.05) is 7.11 Å². The standard InChI is InChI=1S/C12H26N2O/c1-4-12(5-2,15-3)11(14-13)9-10-7-6-8-10/h10-11,14H,4-9,13H2,1-3H3. The Morgan fingerprint density at radius 1 is 1.40 bits per heavy atom. The molecule has 15 heavy (non-hydrogen) atoms. The number of hydrazine groups is 1. The molecule has 0 heterocycles. The van der Waals surface area contributed by atoms with Crippen molar-refractivity contribution >= 4 is 0 Å². The van der Waals surface area contributed by atoms with Crippen molar-refractivity contribution < 1.29 is 4.74 Å². The molecule has 90 valence electrons. The average Bonchev–Trinajstić information content (AvgIpc) is 2.22. The minimum absolute atomic E-state index is 0.0790. The maximum atomic E-state index is 5.72. The van der Waals surface area contributed by atoms with E-state index in [4.69, 9.17) is 10.6 Å². The zero-order chi connectivity index (χ0) is 11.3. The van der Waals surface area contributed by atoms with Crippen molar-refractivity contribution in [2.75, 3.05) is 7.11 Å². The number of ether oxygens (including phenoxy) is 1. The van der Waals surface area contributed by atoms with E-state index in [1.54, 1.807) is 7.11 Å². The highest BCUT2D eigenvalue weighted by atomic mass is 16.5. The van der Waals surface area contributed by atoms with Crippen LogP contribution in [0.15, 0.2) is 0 Å². The molecule has 3 heteroatoms. The summed E-state index contributed by atoms with van der Waals surface area (Å²) in [5.74, 6) is 6.54. The largest absolute Gasteiger partial charge is 0.377 e. The Balaban J connectivity index is 2.58. The van der Waals surface area contributed by atoms with Crippen LogP contribution in [0.3, 0.4) is 0 Å². The predicted molar refractivity (Wildman–Crippen MR) is 63.4 cm³/mol. The molecule has 0 spiro atoms. The topological polar surface area (TPSA) is 47.3 Å². The van der Waals surface area contributed by atoms with Crippen molar-refractivity contribution in [1.29, 1.82) is 0 Å². The summed E-state index contributed by atoms with van der Waals surface area (Å²) in [5.41, 5.74) is 2.89. The molecule has 1 atom stereocenters. The highest BCUT2D eigenvalue weighted by Gasteiger charge is 2.37. The minimum Gasteiger partial charge on any atom is -0.377 e. The summed E-state index contributed by atoms with van der Waals surface area (Å²) in [4.78, 5) is 0. The highest BCUT2D eigenvalue weighted by Crippen LogP contribution is 2.35. The molecule has 3 nitrogen and oxygen atoms in total. The fraction of sp³-hybridized carbons (Fsp3) is 1.00. The van der Waals surface area contributed by atoms with Crippen LogP contribution in [0.1, 0.15) is 52.4 Å². The fourth-order valence-electron chi connectivity index (χ4n) is 2.67. The van der Waals surface area contributed by atoms with E-state index < -0.39 is 0 Å². The smallest absolute Gasteiger partial charge is 0.0839 e. The Hall–Kier alpha value is -0.120. The van der Waals surface area contributed by atoms with Crippen LogP contribution < -0.4 is 11.3 Å². The first-order chi connectivity index (χ1) is 7.22. The Bertz CT molecular complexity index is 168. The molecular formula is C12H26N2O. The average molecular weight is 214 g/mol. The Labute approximate surface area is 93.7 Å². The summed E-state index contributed by atoms with van der Waals surface area (Å²) in [6.07, 6.45) is 7.31. The monoisotopic (exact) mass is 214 g/mol. The molecule has 0 amide bonds. The van der Waals surface area contributed by atoms with Crippen LogP contribution in [-0.4, -0.2) is 18.8 Å². The Kier molecular flexibility index (Phi) is 5.03. The molecular weight excluding hydrogens is 188 g/mol. The summed E-state index contributed by atoms with van der Waals surface area (Å²) >= 11 is 0. The lowest BCUT2D eigenvalue weighted by Crippen LogP contribution is -2.55. The zero-order valence-electron chi connectivity index (χ0n) is 10.4. The van der Waals surface area contributed by atoms with E-state index in [0.29, 0.717) is 6.04 Å². The van der Waals surface area contributed by atoms with Crippen LogP contribution in [0.25, 0.3) is 0 Å². The van der Waals surface area contributed by atoms with Crippen LogP contribution >= 0.6 is 0 Å². The number of hydrogen-bond donors (Lipinski definition) is 2. The van der Waals surface area contributed by atoms with Crippen molar-refractivity contribution in [3.05, 3.63) is 0 Å². The first-order valence-electron chi connectivity index (χ1n) is 6.23.